The molecule has 0 saturated heterocycles. The van der Waals surface area contributed by atoms with Gasteiger partial charge in [0.15, 0.2) is 0 Å². The van der Waals surface area contributed by atoms with Crippen LogP contribution < -0.4 is 5.32 Å². The summed E-state index contributed by atoms with van der Waals surface area (Å²) in [5, 5.41) is 42.3. The second kappa shape index (κ2) is 7.87. The first-order valence-electron chi connectivity index (χ1n) is 8.71. The zero-order chi connectivity index (χ0) is 17.8. The Morgan fingerprint density at radius 3 is 2.72 bits per heavy atom. The number of phenolic OH excluding ortho intramolecular Hbond substituents is 2. The predicted molar refractivity (Wildman–Crippen MR) is 95.8 cm³/mol. The number of nitrogens with one attached hydrogen (secondary N) is 1. The minimum Gasteiger partial charge on any atom is -0.508 e. The van der Waals surface area contributed by atoms with E-state index in [1.54, 1.807) is 24.3 Å². The minimum absolute atomic E-state index is 0.0420. The lowest BCUT2D eigenvalue weighted by atomic mass is 9.88. The van der Waals surface area contributed by atoms with Crippen molar-refractivity contribution in [2.75, 3.05) is 13.2 Å². The van der Waals surface area contributed by atoms with Crippen LogP contribution in [0.1, 0.15) is 34.8 Å². The van der Waals surface area contributed by atoms with Gasteiger partial charge in [-0.1, -0.05) is 12.1 Å². The standard InChI is InChI=1S/C20H25NO4/c22-8-7-15-9-14(3-6-19(15)24)20(25)12-21-17-4-1-13-2-5-18(23)11-16(13)10-17/h2-3,5-6,9,11,17,20-25H,1,4,7-8,10,12H2. The van der Waals surface area contributed by atoms with Crippen LogP contribution in [-0.4, -0.2) is 39.6 Å². The second-order valence-corrected chi connectivity index (χ2v) is 6.68. The van der Waals surface area contributed by atoms with E-state index in [4.69, 9.17) is 5.11 Å². The SMILES string of the molecule is OCCc1cc(C(O)CNC2CCc3ccc(O)cc3C2)ccc1O. The summed E-state index contributed by atoms with van der Waals surface area (Å²) >= 11 is 0. The molecule has 2 unspecified atom stereocenters. The first-order chi connectivity index (χ1) is 12.1. The van der Waals surface area contributed by atoms with Crippen molar-refractivity contribution < 1.29 is 20.4 Å². The maximum atomic E-state index is 10.4. The van der Waals surface area contributed by atoms with E-state index in [9.17, 15) is 15.3 Å². The molecule has 0 aromatic heterocycles. The molecule has 1 aliphatic rings. The molecule has 0 radical (unpaired) electrons. The number of aromatic hydroxyl groups is 2. The van der Waals surface area contributed by atoms with Crippen LogP contribution in [0.3, 0.4) is 0 Å². The highest BCUT2D eigenvalue weighted by Gasteiger charge is 2.20. The third-order valence-electron chi connectivity index (χ3n) is 4.89. The van der Waals surface area contributed by atoms with Crippen LogP contribution >= 0.6 is 0 Å². The van der Waals surface area contributed by atoms with E-state index in [1.807, 2.05) is 12.1 Å². The van der Waals surface area contributed by atoms with E-state index >= 15 is 0 Å². The van der Waals surface area contributed by atoms with Gasteiger partial charge in [-0.25, -0.2) is 0 Å². The highest BCUT2D eigenvalue weighted by molar-refractivity contribution is 5.38. The predicted octanol–water partition coefficient (Wildman–Crippen LogP) is 1.81. The molecule has 2 atom stereocenters. The van der Waals surface area contributed by atoms with Gasteiger partial charge in [0.05, 0.1) is 6.10 Å². The third-order valence-corrected chi connectivity index (χ3v) is 4.89. The molecule has 5 nitrogen and oxygen atoms in total. The molecule has 0 aliphatic heterocycles. The van der Waals surface area contributed by atoms with Crippen LogP contribution in [0.5, 0.6) is 11.5 Å². The number of benzene rings is 2. The Kier molecular flexibility index (Phi) is 5.58. The van der Waals surface area contributed by atoms with Gasteiger partial charge >= 0.3 is 0 Å². The summed E-state index contributed by atoms with van der Waals surface area (Å²) in [5.74, 6) is 0.432. The molecule has 0 heterocycles. The van der Waals surface area contributed by atoms with Gasteiger partial charge in [0.1, 0.15) is 11.5 Å². The maximum Gasteiger partial charge on any atom is 0.118 e. The summed E-state index contributed by atoms with van der Waals surface area (Å²) in [6, 6.07) is 10.8. The Bertz CT molecular complexity index is 732. The molecule has 2 aromatic rings. The van der Waals surface area contributed by atoms with Crippen molar-refractivity contribution in [3.63, 3.8) is 0 Å². The lowest BCUT2D eigenvalue weighted by Crippen LogP contribution is -2.37. The quantitative estimate of drug-likeness (QED) is 0.552. The second-order valence-electron chi connectivity index (χ2n) is 6.68. The lowest BCUT2D eigenvalue weighted by molar-refractivity contribution is 0.168. The number of hydrogen-bond donors (Lipinski definition) is 5. The Hall–Kier alpha value is -2.08. The summed E-state index contributed by atoms with van der Waals surface area (Å²) in [7, 11) is 0. The van der Waals surface area contributed by atoms with Crippen molar-refractivity contribution >= 4 is 0 Å². The summed E-state index contributed by atoms with van der Waals surface area (Å²) in [6.45, 7) is 0.377. The molecule has 1 aliphatic carbocycles. The normalized spacial score (nSPS) is 17.9. The molecule has 0 fully saturated rings. The van der Waals surface area contributed by atoms with Gasteiger partial charge in [-0.15, -0.1) is 0 Å². The van der Waals surface area contributed by atoms with Crippen molar-refractivity contribution in [1.82, 2.24) is 5.32 Å². The van der Waals surface area contributed by atoms with Gasteiger partial charge in [0.2, 0.25) is 0 Å². The fraction of sp³-hybridized carbons (Fsp3) is 0.400. The van der Waals surface area contributed by atoms with Crippen LogP contribution in [0.2, 0.25) is 0 Å². The molecule has 3 rings (SSSR count). The van der Waals surface area contributed by atoms with Gasteiger partial charge < -0.3 is 25.7 Å². The Morgan fingerprint density at radius 2 is 1.92 bits per heavy atom. The maximum absolute atomic E-state index is 10.4. The Balaban J connectivity index is 1.59. The molecular formula is C20H25NO4. The van der Waals surface area contributed by atoms with Crippen molar-refractivity contribution in [2.24, 2.45) is 0 Å². The molecule has 0 amide bonds. The van der Waals surface area contributed by atoms with Gasteiger partial charge in [-0.05, 0) is 72.2 Å². The topological polar surface area (TPSA) is 93.0 Å². The molecule has 25 heavy (non-hydrogen) atoms. The van der Waals surface area contributed by atoms with Gasteiger partial charge in [0, 0.05) is 19.2 Å². The van der Waals surface area contributed by atoms with Gasteiger partial charge in [0.25, 0.3) is 0 Å². The summed E-state index contributed by atoms with van der Waals surface area (Å²) < 4.78 is 0. The lowest BCUT2D eigenvalue weighted by Gasteiger charge is -2.27. The zero-order valence-electron chi connectivity index (χ0n) is 14.2. The average molecular weight is 343 g/mol. The van der Waals surface area contributed by atoms with Crippen LogP contribution in [0.15, 0.2) is 36.4 Å². The van der Waals surface area contributed by atoms with Crippen molar-refractivity contribution in [1.29, 1.82) is 0 Å². The molecule has 5 N–H and O–H groups in total. The van der Waals surface area contributed by atoms with Crippen LogP contribution in [0.25, 0.3) is 0 Å². The van der Waals surface area contributed by atoms with Crippen molar-refractivity contribution in [3.05, 3.63) is 58.7 Å². The van der Waals surface area contributed by atoms with E-state index in [0.717, 1.165) is 30.4 Å². The van der Waals surface area contributed by atoms with Crippen LogP contribution in [0.4, 0.5) is 0 Å². The average Bonchev–Trinajstić information content (AvgIpc) is 2.61. The molecular weight excluding hydrogens is 318 g/mol. The number of aryl methyl sites for hydroxylation is 1. The molecule has 5 heteroatoms. The van der Waals surface area contributed by atoms with E-state index in [1.165, 1.54) is 5.56 Å². The molecule has 0 bridgehead atoms. The molecule has 0 saturated carbocycles. The number of hydrogen-bond acceptors (Lipinski definition) is 5. The smallest absolute Gasteiger partial charge is 0.118 e. The highest BCUT2D eigenvalue weighted by atomic mass is 16.3. The van der Waals surface area contributed by atoms with Gasteiger partial charge in [-0.3, -0.25) is 0 Å². The fourth-order valence-electron chi connectivity index (χ4n) is 3.45. The van der Waals surface area contributed by atoms with Crippen molar-refractivity contribution in [2.45, 2.75) is 37.8 Å². The fourth-order valence-corrected chi connectivity index (χ4v) is 3.45. The van der Waals surface area contributed by atoms with Crippen LogP contribution in [-0.2, 0) is 19.3 Å². The highest BCUT2D eigenvalue weighted by Crippen LogP contribution is 2.26. The van der Waals surface area contributed by atoms with Crippen molar-refractivity contribution in [3.8, 4) is 11.5 Å². The Morgan fingerprint density at radius 1 is 1.08 bits per heavy atom. The van der Waals surface area contributed by atoms with E-state index in [0.29, 0.717) is 24.3 Å². The molecule has 134 valence electrons. The summed E-state index contributed by atoms with van der Waals surface area (Å²) in [6.07, 6.45) is 2.48. The van der Waals surface area contributed by atoms with E-state index in [2.05, 4.69) is 5.32 Å². The minimum atomic E-state index is -0.677. The largest absolute Gasteiger partial charge is 0.508 e. The zero-order valence-corrected chi connectivity index (χ0v) is 14.2. The molecule has 0 spiro atoms. The number of rotatable bonds is 6. The Labute approximate surface area is 147 Å². The number of aliphatic hydroxyl groups excluding tert-OH is 2. The first-order valence-corrected chi connectivity index (χ1v) is 8.71. The monoisotopic (exact) mass is 343 g/mol. The number of phenols is 2. The van der Waals surface area contributed by atoms with Crippen LogP contribution in [0, 0.1) is 0 Å². The third kappa shape index (κ3) is 4.31. The summed E-state index contributed by atoms with van der Waals surface area (Å²) in [4.78, 5) is 0. The number of aliphatic hydroxyl groups is 2. The van der Waals surface area contributed by atoms with E-state index in [-0.39, 0.29) is 18.4 Å². The van der Waals surface area contributed by atoms with E-state index < -0.39 is 6.10 Å². The number of fused-ring (bicyclic) bond motifs is 1. The van der Waals surface area contributed by atoms with Gasteiger partial charge in [-0.2, -0.15) is 0 Å². The first kappa shape index (κ1) is 17.7. The molecule has 2 aromatic carbocycles. The summed E-state index contributed by atoms with van der Waals surface area (Å²) in [5.41, 5.74) is 3.81.